The van der Waals surface area contributed by atoms with Crippen molar-refractivity contribution in [1.29, 1.82) is 0 Å². The van der Waals surface area contributed by atoms with Crippen molar-refractivity contribution in [3.8, 4) is 0 Å². The highest BCUT2D eigenvalue weighted by atomic mass is 35.7. The number of benzene rings is 1. The molecule has 0 aliphatic heterocycles. The monoisotopic (exact) mass is 271 g/mol. The zero-order valence-corrected chi connectivity index (χ0v) is 9.27. The lowest BCUT2D eigenvalue weighted by atomic mass is 10.2. The van der Waals surface area contributed by atoms with Gasteiger partial charge in [-0.2, -0.15) is 4.39 Å². The molecule has 0 aliphatic rings. The molecule has 0 unspecified atom stereocenters. The Kier molecular flexibility index (Phi) is 3.15. The average Bonchev–Trinajstić information content (AvgIpc) is 2.09. The Labute approximate surface area is 93.2 Å². The van der Waals surface area contributed by atoms with Crippen LogP contribution < -0.4 is 0 Å². The molecule has 1 rings (SSSR count). The highest BCUT2D eigenvalue weighted by molar-refractivity contribution is 8.13. The number of rotatable bonds is 2. The lowest BCUT2D eigenvalue weighted by Crippen LogP contribution is -2.04. The van der Waals surface area contributed by atoms with Crippen LogP contribution in [0.5, 0.6) is 0 Å². The van der Waals surface area contributed by atoms with Gasteiger partial charge in [0, 0.05) is 10.7 Å². The van der Waals surface area contributed by atoms with Gasteiger partial charge < -0.3 is 0 Å². The fraction of sp³-hybridized carbons (Fsp3) is 0.143. The van der Waals surface area contributed by atoms with E-state index in [1.807, 2.05) is 0 Å². The summed E-state index contributed by atoms with van der Waals surface area (Å²) in [5.74, 6) is -3.36. The van der Waals surface area contributed by atoms with Crippen LogP contribution in [0, 0.1) is 28.7 Å². The summed E-state index contributed by atoms with van der Waals surface area (Å²) in [5.41, 5.74) is -1.78. The first-order chi connectivity index (χ1) is 7.16. The van der Waals surface area contributed by atoms with Gasteiger partial charge in [0.15, 0.2) is 5.82 Å². The van der Waals surface area contributed by atoms with E-state index in [0.29, 0.717) is 6.07 Å². The Bertz CT molecular complexity index is 572. The van der Waals surface area contributed by atoms with Crippen molar-refractivity contribution in [3.05, 3.63) is 33.4 Å². The van der Waals surface area contributed by atoms with Crippen LogP contribution >= 0.6 is 10.7 Å². The fourth-order valence-electron chi connectivity index (χ4n) is 1.15. The topological polar surface area (TPSA) is 77.3 Å². The molecule has 0 bridgehead atoms. The molecule has 0 atom stereocenters. The van der Waals surface area contributed by atoms with Gasteiger partial charge >= 0.3 is 5.69 Å². The minimum atomic E-state index is -4.37. The molecule has 0 amide bonds. The van der Waals surface area contributed by atoms with Crippen LogP contribution in [0.3, 0.4) is 0 Å². The molecule has 0 heterocycles. The van der Waals surface area contributed by atoms with Crippen molar-refractivity contribution in [1.82, 2.24) is 0 Å². The first-order valence-electron chi connectivity index (χ1n) is 3.74. The standard InChI is InChI=1S/C7H4ClF2NO4S/c1-3-5(16(8,14)15)2-4(9)6(10)7(3)11(12)13/h2H,1H3. The predicted octanol–water partition coefficient (Wildman–Crippen LogP) is 2.11. The molecule has 1 aromatic rings. The smallest absolute Gasteiger partial charge is 0.258 e. The van der Waals surface area contributed by atoms with E-state index in [9.17, 15) is 27.3 Å². The minimum absolute atomic E-state index is 0.306. The van der Waals surface area contributed by atoms with E-state index in [-0.39, 0.29) is 0 Å². The quantitative estimate of drug-likeness (QED) is 0.469. The van der Waals surface area contributed by atoms with Gasteiger partial charge in [-0.3, -0.25) is 10.1 Å². The van der Waals surface area contributed by atoms with Crippen LogP contribution in [-0.2, 0) is 9.05 Å². The summed E-state index contributed by atoms with van der Waals surface area (Å²) >= 11 is 0. The van der Waals surface area contributed by atoms with Crippen LogP contribution in [-0.4, -0.2) is 13.3 Å². The second-order valence-electron chi connectivity index (χ2n) is 2.84. The van der Waals surface area contributed by atoms with Crippen LogP contribution in [0.4, 0.5) is 14.5 Å². The minimum Gasteiger partial charge on any atom is -0.258 e. The molecule has 88 valence electrons. The zero-order chi connectivity index (χ0) is 12.7. The van der Waals surface area contributed by atoms with Crippen molar-refractivity contribution in [2.75, 3.05) is 0 Å². The number of hydrogen-bond acceptors (Lipinski definition) is 4. The van der Waals surface area contributed by atoms with Crippen molar-refractivity contribution in [2.24, 2.45) is 0 Å². The molecule has 16 heavy (non-hydrogen) atoms. The summed E-state index contributed by atoms with van der Waals surface area (Å²) in [4.78, 5) is 8.41. The second-order valence-corrected chi connectivity index (χ2v) is 5.37. The van der Waals surface area contributed by atoms with E-state index >= 15 is 0 Å². The average molecular weight is 272 g/mol. The maximum Gasteiger partial charge on any atom is 0.312 e. The summed E-state index contributed by atoms with van der Waals surface area (Å²) in [6.07, 6.45) is 0. The van der Waals surface area contributed by atoms with Crippen molar-refractivity contribution >= 4 is 25.4 Å². The molecule has 0 aliphatic carbocycles. The summed E-state index contributed by atoms with van der Waals surface area (Å²) in [5, 5.41) is 10.4. The molecule has 0 saturated heterocycles. The van der Waals surface area contributed by atoms with Crippen LogP contribution in [0.15, 0.2) is 11.0 Å². The number of halogens is 3. The van der Waals surface area contributed by atoms with Gasteiger partial charge in [0.25, 0.3) is 9.05 Å². The third kappa shape index (κ3) is 2.12. The first kappa shape index (κ1) is 12.8. The lowest BCUT2D eigenvalue weighted by molar-refractivity contribution is -0.388. The van der Waals surface area contributed by atoms with Crippen LogP contribution in [0.25, 0.3) is 0 Å². The summed E-state index contributed by atoms with van der Waals surface area (Å²) in [7, 11) is 0.558. The lowest BCUT2D eigenvalue weighted by Gasteiger charge is -2.04. The van der Waals surface area contributed by atoms with E-state index in [2.05, 4.69) is 0 Å². The van der Waals surface area contributed by atoms with Crippen molar-refractivity contribution < 1.29 is 22.1 Å². The Balaban J connectivity index is 3.78. The number of nitro groups is 1. The van der Waals surface area contributed by atoms with Gasteiger partial charge in [0.1, 0.15) is 0 Å². The Morgan fingerprint density at radius 3 is 2.31 bits per heavy atom. The van der Waals surface area contributed by atoms with Crippen LogP contribution in [0.1, 0.15) is 5.56 Å². The maximum atomic E-state index is 13.0. The molecule has 0 saturated carbocycles. The Morgan fingerprint density at radius 2 is 1.94 bits per heavy atom. The predicted molar refractivity (Wildman–Crippen MR) is 50.8 cm³/mol. The fourth-order valence-corrected chi connectivity index (χ4v) is 2.34. The normalized spacial score (nSPS) is 11.5. The van der Waals surface area contributed by atoms with Gasteiger partial charge in [0.2, 0.25) is 5.82 Å². The van der Waals surface area contributed by atoms with E-state index < -0.39 is 41.8 Å². The van der Waals surface area contributed by atoms with Crippen LogP contribution in [0.2, 0.25) is 0 Å². The molecule has 0 N–H and O–H groups in total. The zero-order valence-electron chi connectivity index (χ0n) is 7.70. The number of nitrogens with zero attached hydrogens (tertiary/aromatic N) is 1. The van der Waals surface area contributed by atoms with Gasteiger partial charge in [0.05, 0.1) is 15.4 Å². The number of nitro benzene ring substituents is 1. The largest absolute Gasteiger partial charge is 0.312 e. The number of hydrogen-bond donors (Lipinski definition) is 0. The van der Waals surface area contributed by atoms with E-state index in [4.69, 9.17) is 10.7 Å². The van der Waals surface area contributed by atoms with E-state index in [0.717, 1.165) is 6.92 Å². The third-order valence-electron chi connectivity index (χ3n) is 1.85. The molecular formula is C7H4ClF2NO4S. The van der Waals surface area contributed by atoms with Crippen molar-refractivity contribution in [3.63, 3.8) is 0 Å². The second kappa shape index (κ2) is 3.95. The third-order valence-corrected chi connectivity index (χ3v) is 3.29. The molecule has 9 heteroatoms. The molecule has 1 aromatic carbocycles. The van der Waals surface area contributed by atoms with E-state index in [1.54, 1.807) is 0 Å². The summed E-state index contributed by atoms with van der Waals surface area (Å²) in [6, 6.07) is 0.306. The molecule has 5 nitrogen and oxygen atoms in total. The first-order valence-corrected chi connectivity index (χ1v) is 6.05. The summed E-state index contributed by atoms with van der Waals surface area (Å²) in [6.45, 7) is 0.968. The highest BCUT2D eigenvalue weighted by Crippen LogP contribution is 2.31. The molecule has 0 spiro atoms. The van der Waals surface area contributed by atoms with Gasteiger partial charge in [-0.1, -0.05) is 0 Å². The highest BCUT2D eigenvalue weighted by Gasteiger charge is 2.29. The molecule has 0 aromatic heterocycles. The Hall–Kier alpha value is -1.28. The maximum absolute atomic E-state index is 13.0. The van der Waals surface area contributed by atoms with Crippen molar-refractivity contribution in [2.45, 2.75) is 11.8 Å². The Morgan fingerprint density at radius 1 is 1.44 bits per heavy atom. The van der Waals surface area contributed by atoms with Gasteiger partial charge in [-0.15, -0.1) is 0 Å². The molecular weight excluding hydrogens is 268 g/mol. The van der Waals surface area contributed by atoms with E-state index in [1.165, 1.54) is 0 Å². The van der Waals surface area contributed by atoms with Gasteiger partial charge in [-0.25, -0.2) is 12.8 Å². The molecule has 0 fully saturated rings. The SMILES string of the molecule is Cc1c(S(=O)(=O)Cl)cc(F)c(F)c1[N+](=O)[O-]. The van der Waals surface area contributed by atoms with Gasteiger partial charge in [-0.05, 0) is 13.0 Å². The summed E-state index contributed by atoms with van der Waals surface area (Å²) < 4.78 is 47.8. The molecule has 0 radical (unpaired) electrons.